The van der Waals surface area contributed by atoms with Crippen LogP contribution in [-0.4, -0.2) is 4.98 Å². The molecule has 1 aromatic rings. The molecule has 0 unspecified atom stereocenters. The van der Waals surface area contributed by atoms with E-state index in [9.17, 15) is 5.21 Å². The van der Waals surface area contributed by atoms with Crippen molar-refractivity contribution in [2.45, 2.75) is 40.5 Å². The lowest BCUT2D eigenvalue weighted by atomic mass is 10.1. The summed E-state index contributed by atoms with van der Waals surface area (Å²) in [6, 6.07) is 0. The van der Waals surface area contributed by atoms with Gasteiger partial charge in [0.15, 0.2) is 0 Å². The van der Waals surface area contributed by atoms with Gasteiger partial charge in [0, 0.05) is 6.92 Å². The monoisotopic (exact) mass is 194 g/mol. The van der Waals surface area contributed by atoms with Crippen molar-refractivity contribution in [3.8, 4) is 0 Å². The number of hydrogen-bond acceptors (Lipinski definition) is 2. The Balaban J connectivity index is 2.85. The van der Waals surface area contributed by atoms with Gasteiger partial charge in [0.1, 0.15) is 11.4 Å². The second-order valence-electron chi connectivity index (χ2n) is 4.17. The van der Waals surface area contributed by atoms with Crippen LogP contribution in [0.4, 0.5) is 0 Å². The first-order valence-corrected chi connectivity index (χ1v) is 5.07. The summed E-state index contributed by atoms with van der Waals surface area (Å²) in [7, 11) is 0. The smallest absolute Gasteiger partial charge is 0.211 e. The van der Waals surface area contributed by atoms with Crippen molar-refractivity contribution in [3.63, 3.8) is 0 Å². The predicted molar refractivity (Wildman–Crippen MR) is 55.8 cm³/mol. The van der Waals surface area contributed by atoms with E-state index in [4.69, 9.17) is 0 Å². The zero-order chi connectivity index (χ0) is 10.7. The minimum atomic E-state index is 0.650. The fraction of sp³-hybridized carbons (Fsp3) is 0.636. The highest BCUT2D eigenvalue weighted by molar-refractivity contribution is 5.07. The van der Waals surface area contributed by atoms with Crippen LogP contribution in [0.25, 0.3) is 0 Å². The summed E-state index contributed by atoms with van der Waals surface area (Å²) < 4.78 is 0.915. The molecule has 0 aliphatic carbocycles. The number of rotatable bonds is 3. The minimum Gasteiger partial charge on any atom is -0.618 e. The number of aromatic nitrogens is 2. The van der Waals surface area contributed by atoms with Gasteiger partial charge in [-0.05, 0) is 25.7 Å². The van der Waals surface area contributed by atoms with Crippen molar-refractivity contribution in [2.75, 3.05) is 0 Å². The van der Waals surface area contributed by atoms with E-state index < -0.39 is 0 Å². The summed E-state index contributed by atoms with van der Waals surface area (Å²) in [5.41, 5.74) is 2.47. The lowest BCUT2D eigenvalue weighted by Crippen LogP contribution is -2.32. The molecule has 0 radical (unpaired) electrons. The molecule has 78 valence electrons. The van der Waals surface area contributed by atoms with Gasteiger partial charge < -0.3 is 5.21 Å². The van der Waals surface area contributed by atoms with E-state index in [2.05, 4.69) is 18.8 Å². The molecule has 0 amide bonds. The molecule has 0 spiro atoms. The van der Waals surface area contributed by atoms with Gasteiger partial charge in [-0.3, -0.25) is 0 Å². The molecular formula is C11H18N2O. The van der Waals surface area contributed by atoms with E-state index in [1.807, 2.05) is 13.8 Å². The molecule has 0 aromatic carbocycles. The molecule has 0 atom stereocenters. The highest BCUT2D eigenvalue weighted by Crippen LogP contribution is 2.08. The van der Waals surface area contributed by atoms with Gasteiger partial charge in [-0.2, -0.15) is 4.73 Å². The number of aryl methyl sites for hydroxylation is 2. The maximum Gasteiger partial charge on any atom is 0.211 e. The second kappa shape index (κ2) is 4.40. The largest absolute Gasteiger partial charge is 0.618 e. The number of nitrogens with zero attached hydrogens (tertiary/aromatic N) is 2. The van der Waals surface area contributed by atoms with E-state index >= 15 is 0 Å². The Kier molecular flexibility index (Phi) is 3.44. The fourth-order valence-electron chi connectivity index (χ4n) is 1.38. The molecule has 1 aromatic heterocycles. The van der Waals surface area contributed by atoms with Crippen molar-refractivity contribution in [1.82, 2.24) is 4.98 Å². The Labute approximate surface area is 85.4 Å². The van der Waals surface area contributed by atoms with Gasteiger partial charge in [-0.25, -0.2) is 4.98 Å². The molecule has 3 heteroatoms. The zero-order valence-electron chi connectivity index (χ0n) is 9.37. The van der Waals surface area contributed by atoms with Crippen molar-refractivity contribution in [2.24, 2.45) is 5.92 Å². The van der Waals surface area contributed by atoms with Crippen LogP contribution in [0, 0.1) is 25.0 Å². The summed E-state index contributed by atoms with van der Waals surface area (Å²) in [5, 5.41) is 11.4. The second-order valence-corrected chi connectivity index (χ2v) is 4.17. The predicted octanol–water partition coefficient (Wildman–Crippen LogP) is 1.92. The molecule has 1 heterocycles. The maximum absolute atomic E-state index is 11.4. The Morgan fingerprint density at radius 3 is 2.64 bits per heavy atom. The van der Waals surface area contributed by atoms with Crippen LogP contribution < -0.4 is 4.73 Å². The highest BCUT2D eigenvalue weighted by Gasteiger charge is 2.10. The Bertz CT molecular complexity index is 321. The van der Waals surface area contributed by atoms with E-state index in [1.54, 1.807) is 0 Å². The molecule has 3 nitrogen and oxygen atoms in total. The molecule has 0 N–H and O–H groups in total. The van der Waals surface area contributed by atoms with Gasteiger partial charge in [0.25, 0.3) is 0 Å². The van der Waals surface area contributed by atoms with Crippen molar-refractivity contribution < 1.29 is 4.73 Å². The molecule has 0 saturated carbocycles. The average molecular weight is 194 g/mol. The lowest BCUT2D eigenvalue weighted by Gasteiger charge is -2.08. The molecule has 1 rings (SSSR count). The summed E-state index contributed by atoms with van der Waals surface area (Å²) in [6.45, 7) is 8.04. The van der Waals surface area contributed by atoms with Gasteiger partial charge in [-0.15, -0.1) is 0 Å². The van der Waals surface area contributed by atoms with Crippen molar-refractivity contribution in [3.05, 3.63) is 28.5 Å². The molecule has 0 fully saturated rings. The molecule has 0 saturated heterocycles. The van der Waals surface area contributed by atoms with Crippen molar-refractivity contribution >= 4 is 0 Å². The topological polar surface area (TPSA) is 39.8 Å². The van der Waals surface area contributed by atoms with Crippen LogP contribution in [-0.2, 0) is 6.42 Å². The van der Waals surface area contributed by atoms with E-state index in [-0.39, 0.29) is 0 Å². The third-order valence-electron chi connectivity index (χ3n) is 2.32. The summed E-state index contributed by atoms with van der Waals surface area (Å²) in [5.74, 6) is 0.650. The standard InChI is InChI=1S/C11H18N2O/c1-8(2)5-6-11-10(4)13(14)7-9(3)12-11/h7-8H,5-6H2,1-4H3. The first kappa shape index (κ1) is 11.0. The SMILES string of the molecule is Cc1c[n+]([O-])c(C)c(CCC(C)C)n1. The molecule has 14 heavy (non-hydrogen) atoms. The normalized spacial score (nSPS) is 10.9. The molecule has 0 aliphatic heterocycles. The maximum atomic E-state index is 11.4. The van der Waals surface area contributed by atoms with Gasteiger partial charge in [0.2, 0.25) is 11.9 Å². The quantitative estimate of drug-likeness (QED) is 0.544. The Morgan fingerprint density at radius 1 is 1.43 bits per heavy atom. The zero-order valence-corrected chi connectivity index (χ0v) is 9.37. The van der Waals surface area contributed by atoms with Crippen LogP contribution >= 0.6 is 0 Å². The van der Waals surface area contributed by atoms with E-state index in [0.717, 1.165) is 34.7 Å². The van der Waals surface area contributed by atoms with Crippen LogP contribution in [0.1, 0.15) is 37.4 Å². The average Bonchev–Trinajstić information content (AvgIpc) is 2.08. The lowest BCUT2D eigenvalue weighted by molar-refractivity contribution is -0.613. The minimum absolute atomic E-state index is 0.650. The Hall–Kier alpha value is -1.12. The van der Waals surface area contributed by atoms with Gasteiger partial charge in [0.05, 0.1) is 0 Å². The summed E-state index contributed by atoms with van der Waals surface area (Å²) in [4.78, 5) is 4.38. The first-order chi connectivity index (χ1) is 6.50. The van der Waals surface area contributed by atoms with E-state index in [1.165, 1.54) is 6.20 Å². The Morgan fingerprint density at radius 2 is 2.07 bits per heavy atom. The molecule has 0 aliphatic rings. The summed E-state index contributed by atoms with van der Waals surface area (Å²) in [6.07, 6.45) is 3.50. The highest BCUT2D eigenvalue weighted by atomic mass is 16.5. The number of hydrogen-bond donors (Lipinski definition) is 0. The molecule has 0 bridgehead atoms. The third-order valence-corrected chi connectivity index (χ3v) is 2.32. The van der Waals surface area contributed by atoms with Crippen LogP contribution in [0.2, 0.25) is 0 Å². The van der Waals surface area contributed by atoms with Crippen LogP contribution in [0.3, 0.4) is 0 Å². The third kappa shape index (κ3) is 2.69. The summed E-state index contributed by atoms with van der Waals surface area (Å²) >= 11 is 0. The van der Waals surface area contributed by atoms with Gasteiger partial charge in [-0.1, -0.05) is 13.8 Å². The van der Waals surface area contributed by atoms with Crippen molar-refractivity contribution in [1.29, 1.82) is 0 Å². The molecular weight excluding hydrogens is 176 g/mol. The van der Waals surface area contributed by atoms with Gasteiger partial charge >= 0.3 is 0 Å². The fourth-order valence-corrected chi connectivity index (χ4v) is 1.38. The van der Waals surface area contributed by atoms with Crippen LogP contribution in [0.15, 0.2) is 6.20 Å². The van der Waals surface area contributed by atoms with Crippen LogP contribution in [0.5, 0.6) is 0 Å². The van der Waals surface area contributed by atoms with E-state index in [0.29, 0.717) is 5.92 Å². The first-order valence-electron chi connectivity index (χ1n) is 5.07.